The van der Waals surface area contributed by atoms with Crippen molar-refractivity contribution >= 4 is 12.2 Å². The summed E-state index contributed by atoms with van der Waals surface area (Å²) in [5, 5.41) is 0. The summed E-state index contributed by atoms with van der Waals surface area (Å²) in [5.74, 6) is -0.808. The quantitative estimate of drug-likeness (QED) is 0.849. The van der Waals surface area contributed by atoms with Crippen LogP contribution < -0.4 is 0 Å². The molecule has 0 aromatic heterocycles. The fourth-order valence-electron chi connectivity index (χ4n) is 3.50. The summed E-state index contributed by atoms with van der Waals surface area (Å²) in [7, 11) is 4.12. The fourth-order valence-corrected chi connectivity index (χ4v) is 3.50. The molecule has 1 atom stereocenters. The predicted octanol–water partition coefficient (Wildman–Crippen LogP) is 3.35. The van der Waals surface area contributed by atoms with Crippen LogP contribution in [0.15, 0.2) is 48.5 Å². The first kappa shape index (κ1) is 14.6. The Morgan fingerprint density at radius 3 is 2.09 bits per heavy atom. The molecule has 1 aliphatic heterocycles. The van der Waals surface area contributed by atoms with Crippen molar-refractivity contribution in [1.29, 1.82) is 0 Å². The molecule has 118 valence electrons. The van der Waals surface area contributed by atoms with Crippen LogP contribution in [0.5, 0.6) is 0 Å². The highest BCUT2D eigenvalue weighted by Gasteiger charge is 2.47. The van der Waals surface area contributed by atoms with Crippen molar-refractivity contribution in [2.45, 2.75) is 11.9 Å². The zero-order valence-electron chi connectivity index (χ0n) is 13.5. The lowest BCUT2D eigenvalue weighted by molar-refractivity contribution is -0.144. The van der Waals surface area contributed by atoms with E-state index >= 15 is 0 Å². The fraction of sp³-hybridized carbons (Fsp3) is 0.300. The van der Waals surface area contributed by atoms with Gasteiger partial charge in [-0.25, -0.2) is 0 Å². The Morgan fingerprint density at radius 2 is 1.52 bits per heavy atom. The zero-order valence-corrected chi connectivity index (χ0v) is 13.5. The molecular weight excluding hydrogens is 286 g/mol. The van der Waals surface area contributed by atoms with Crippen LogP contribution in [0.4, 0.5) is 0 Å². The second kappa shape index (κ2) is 5.60. The Kier molecular flexibility index (Phi) is 3.57. The lowest BCUT2D eigenvalue weighted by Gasteiger charge is -2.31. The number of hydrogen-bond acceptors (Lipinski definition) is 3. The summed E-state index contributed by atoms with van der Waals surface area (Å²) in [6.07, 6.45) is 4.35. The molecule has 4 rings (SSSR count). The molecule has 2 aromatic rings. The van der Waals surface area contributed by atoms with Gasteiger partial charge in [-0.15, -0.1) is 0 Å². The van der Waals surface area contributed by atoms with E-state index in [1.165, 1.54) is 0 Å². The average Bonchev–Trinajstić information content (AvgIpc) is 2.91. The van der Waals surface area contributed by atoms with Crippen LogP contribution >= 0.6 is 0 Å². The van der Waals surface area contributed by atoms with E-state index in [0.29, 0.717) is 6.61 Å². The van der Waals surface area contributed by atoms with Crippen LogP contribution in [0.2, 0.25) is 0 Å². The molecule has 0 saturated carbocycles. The summed E-state index contributed by atoms with van der Waals surface area (Å²) in [6.45, 7) is 1.44. The summed E-state index contributed by atoms with van der Waals surface area (Å²) in [5.41, 5.74) is 4.47. The SMILES string of the molecule is CN(C)CC1COC2(O1)c1ccccc1C=Cc1ccccc12. The van der Waals surface area contributed by atoms with Crippen LogP contribution in [0.3, 0.4) is 0 Å². The van der Waals surface area contributed by atoms with Gasteiger partial charge in [0.1, 0.15) is 0 Å². The molecule has 3 nitrogen and oxygen atoms in total. The van der Waals surface area contributed by atoms with Crippen LogP contribution in [-0.4, -0.2) is 38.3 Å². The maximum atomic E-state index is 6.53. The van der Waals surface area contributed by atoms with E-state index in [1.54, 1.807) is 0 Å². The van der Waals surface area contributed by atoms with Gasteiger partial charge in [0.15, 0.2) is 0 Å². The second-order valence-electron chi connectivity index (χ2n) is 6.44. The molecular formula is C20H21NO2. The molecule has 1 aliphatic carbocycles. The number of ether oxygens (including phenoxy) is 2. The van der Waals surface area contributed by atoms with E-state index in [-0.39, 0.29) is 6.10 Å². The normalized spacial score (nSPS) is 21.3. The van der Waals surface area contributed by atoms with Crippen molar-refractivity contribution in [3.8, 4) is 0 Å². The smallest absolute Gasteiger partial charge is 0.224 e. The molecule has 1 saturated heterocycles. The minimum Gasteiger partial charge on any atom is -0.339 e. The van der Waals surface area contributed by atoms with E-state index in [0.717, 1.165) is 28.8 Å². The largest absolute Gasteiger partial charge is 0.339 e. The molecule has 1 spiro atoms. The van der Waals surface area contributed by atoms with E-state index < -0.39 is 5.79 Å². The lowest BCUT2D eigenvalue weighted by Crippen LogP contribution is -2.33. The first-order valence-corrected chi connectivity index (χ1v) is 8.03. The van der Waals surface area contributed by atoms with Gasteiger partial charge >= 0.3 is 0 Å². The summed E-state index contributed by atoms with van der Waals surface area (Å²) in [6, 6.07) is 16.7. The third kappa shape index (κ3) is 2.41. The minimum atomic E-state index is -0.808. The van der Waals surface area contributed by atoms with Gasteiger partial charge < -0.3 is 14.4 Å². The molecule has 2 aliphatic rings. The first-order valence-electron chi connectivity index (χ1n) is 8.03. The Balaban J connectivity index is 1.87. The molecule has 0 amide bonds. The maximum absolute atomic E-state index is 6.53. The number of rotatable bonds is 2. The number of benzene rings is 2. The van der Waals surface area contributed by atoms with Crippen molar-refractivity contribution < 1.29 is 9.47 Å². The molecule has 3 heteroatoms. The Morgan fingerprint density at radius 1 is 0.957 bits per heavy atom. The molecule has 23 heavy (non-hydrogen) atoms. The molecule has 1 fully saturated rings. The van der Waals surface area contributed by atoms with Crippen molar-refractivity contribution in [3.63, 3.8) is 0 Å². The van der Waals surface area contributed by atoms with Crippen LogP contribution in [0.1, 0.15) is 22.3 Å². The van der Waals surface area contributed by atoms with E-state index in [1.807, 2.05) is 12.1 Å². The van der Waals surface area contributed by atoms with Gasteiger partial charge in [-0.1, -0.05) is 60.7 Å². The van der Waals surface area contributed by atoms with E-state index in [4.69, 9.17) is 9.47 Å². The minimum absolute atomic E-state index is 0.0595. The van der Waals surface area contributed by atoms with Crippen LogP contribution in [-0.2, 0) is 15.3 Å². The van der Waals surface area contributed by atoms with Gasteiger partial charge in [0, 0.05) is 17.7 Å². The van der Waals surface area contributed by atoms with Gasteiger partial charge in [0.05, 0.1) is 12.7 Å². The molecule has 0 radical (unpaired) electrons. The van der Waals surface area contributed by atoms with Crippen molar-refractivity contribution in [3.05, 3.63) is 70.8 Å². The van der Waals surface area contributed by atoms with Gasteiger partial charge in [-0.2, -0.15) is 0 Å². The molecule has 1 heterocycles. The number of nitrogens with zero attached hydrogens (tertiary/aromatic N) is 1. The molecule has 0 N–H and O–H groups in total. The standard InChI is InChI=1S/C20H21NO2/c1-21(2)13-17-14-22-20(23-17)18-9-5-3-7-15(18)11-12-16-8-4-6-10-19(16)20/h3-12,17H,13-14H2,1-2H3. The van der Waals surface area contributed by atoms with Gasteiger partial charge in [-0.3, -0.25) is 0 Å². The average molecular weight is 307 g/mol. The molecule has 1 unspecified atom stereocenters. The van der Waals surface area contributed by atoms with Gasteiger partial charge in [0.25, 0.3) is 0 Å². The Hall–Kier alpha value is -1.94. The highest BCUT2D eigenvalue weighted by Crippen LogP contribution is 2.45. The van der Waals surface area contributed by atoms with Crippen molar-refractivity contribution in [2.24, 2.45) is 0 Å². The third-order valence-corrected chi connectivity index (χ3v) is 4.45. The number of fused-ring (bicyclic) bond motifs is 4. The number of likely N-dealkylation sites (N-methyl/N-ethyl adjacent to an activating group) is 1. The zero-order chi connectivity index (χ0) is 15.9. The topological polar surface area (TPSA) is 21.7 Å². The predicted molar refractivity (Wildman–Crippen MR) is 92.0 cm³/mol. The van der Waals surface area contributed by atoms with Crippen LogP contribution in [0, 0.1) is 0 Å². The maximum Gasteiger partial charge on any atom is 0.224 e. The highest BCUT2D eigenvalue weighted by molar-refractivity contribution is 5.76. The van der Waals surface area contributed by atoms with E-state index in [2.05, 4.69) is 67.5 Å². The summed E-state index contributed by atoms with van der Waals surface area (Å²) in [4.78, 5) is 2.14. The Bertz CT molecular complexity index is 701. The van der Waals surface area contributed by atoms with Crippen LogP contribution in [0.25, 0.3) is 12.2 Å². The number of hydrogen-bond donors (Lipinski definition) is 0. The first-order chi connectivity index (χ1) is 11.2. The Labute approximate surface area is 137 Å². The summed E-state index contributed by atoms with van der Waals surface area (Å²) >= 11 is 0. The second-order valence-corrected chi connectivity index (χ2v) is 6.44. The molecule has 2 aromatic carbocycles. The monoisotopic (exact) mass is 307 g/mol. The highest BCUT2D eigenvalue weighted by atomic mass is 16.7. The van der Waals surface area contributed by atoms with Crippen molar-refractivity contribution in [1.82, 2.24) is 4.90 Å². The van der Waals surface area contributed by atoms with E-state index in [9.17, 15) is 0 Å². The lowest BCUT2D eigenvalue weighted by atomic mass is 9.93. The van der Waals surface area contributed by atoms with Gasteiger partial charge in [-0.05, 0) is 25.2 Å². The van der Waals surface area contributed by atoms with Crippen molar-refractivity contribution in [2.75, 3.05) is 27.2 Å². The summed E-state index contributed by atoms with van der Waals surface area (Å²) < 4.78 is 12.9. The van der Waals surface area contributed by atoms with Gasteiger partial charge in [0.2, 0.25) is 5.79 Å². The molecule has 0 bridgehead atoms. The third-order valence-electron chi connectivity index (χ3n) is 4.45.